The predicted octanol–water partition coefficient (Wildman–Crippen LogP) is 7.48. The molecule has 5 rings (SSSR count). The molecule has 0 spiro atoms. The molecule has 1 N–H and O–H groups in total. The molecule has 0 aliphatic carbocycles. The van der Waals surface area contributed by atoms with E-state index in [9.17, 15) is 5.26 Å². The molecule has 0 saturated carbocycles. The molecule has 0 fully saturated rings. The molecule has 1 aromatic heterocycles. The molecule has 3 nitrogen and oxygen atoms in total. The smallest absolute Gasteiger partial charge is 0.101 e. The molecule has 0 saturated heterocycles. The van der Waals surface area contributed by atoms with E-state index >= 15 is 0 Å². The second kappa shape index (κ2) is 7.68. The zero-order valence-corrected chi connectivity index (χ0v) is 17.8. The third kappa shape index (κ3) is 2.71. The van der Waals surface area contributed by atoms with E-state index in [-0.39, 0.29) is 0 Å². The average molecular weight is 412 g/mol. The van der Waals surface area contributed by atoms with Crippen molar-refractivity contribution in [1.82, 2.24) is 4.57 Å². The van der Waals surface area contributed by atoms with E-state index in [2.05, 4.69) is 65.8 Å². The van der Waals surface area contributed by atoms with Gasteiger partial charge in [-0.2, -0.15) is 5.26 Å². The zero-order chi connectivity index (χ0) is 22.2. The van der Waals surface area contributed by atoms with E-state index in [0.29, 0.717) is 11.1 Å². The number of fused-ring (bicyclic) bond motifs is 5. The normalized spacial score (nSPS) is 11.4. The van der Waals surface area contributed by atoms with Crippen LogP contribution < -0.4 is 0 Å². The first-order valence-corrected chi connectivity index (χ1v) is 10.5. The summed E-state index contributed by atoms with van der Waals surface area (Å²) in [7, 11) is 0. The summed E-state index contributed by atoms with van der Waals surface area (Å²) in [4.78, 5) is 0. The molecule has 5 aromatic rings. The van der Waals surface area contributed by atoms with Crippen LogP contribution in [-0.4, -0.2) is 10.8 Å². The maximum absolute atomic E-state index is 9.90. The largest absolute Gasteiger partial charge is 0.308 e. The zero-order valence-electron chi connectivity index (χ0n) is 17.8. The molecular weight excluding hydrogens is 390 g/mol. The quantitative estimate of drug-likeness (QED) is 0.306. The van der Waals surface area contributed by atoms with Crippen LogP contribution in [0.15, 0.2) is 79.4 Å². The highest BCUT2D eigenvalue weighted by Crippen LogP contribution is 2.41. The highest BCUT2D eigenvalue weighted by molar-refractivity contribution is 6.24. The van der Waals surface area contributed by atoms with Crippen LogP contribution in [0.5, 0.6) is 0 Å². The van der Waals surface area contributed by atoms with Crippen molar-refractivity contribution in [2.45, 2.75) is 6.92 Å². The Kier molecular flexibility index (Phi) is 4.69. The Bertz CT molecular complexity index is 1620. The van der Waals surface area contributed by atoms with E-state index in [1.54, 1.807) is 0 Å². The summed E-state index contributed by atoms with van der Waals surface area (Å²) >= 11 is 0. The van der Waals surface area contributed by atoms with Gasteiger partial charge in [0, 0.05) is 22.6 Å². The van der Waals surface area contributed by atoms with Gasteiger partial charge in [-0.1, -0.05) is 73.3 Å². The molecule has 3 heteroatoms. The number of rotatable bonds is 4. The molecule has 1 heterocycles. The van der Waals surface area contributed by atoms with Crippen LogP contribution in [0.4, 0.5) is 0 Å². The Labute approximate surface area is 186 Å². The first-order chi connectivity index (χ1) is 15.7. The van der Waals surface area contributed by atoms with Gasteiger partial charge in [-0.25, -0.2) is 0 Å². The molecule has 0 unspecified atom stereocenters. The summed E-state index contributed by atoms with van der Waals surface area (Å²) in [5.41, 5.74) is 6.13. The highest BCUT2D eigenvalue weighted by Gasteiger charge is 2.21. The Balaban J connectivity index is 2.12. The monoisotopic (exact) mass is 411 g/mol. The molecule has 0 bridgehead atoms. The van der Waals surface area contributed by atoms with Crippen LogP contribution >= 0.6 is 0 Å². The minimum atomic E-state index is 0.538. The number of benzene rings is 4. The number of para-hydroxylation sites is 1. The number of nitrogens with zero attached hydrogens (tertiary/aromatic N) is 2. The molecular formula is C29H21N3. The lowest BCUT2D eigenvalue weighted by molar-refractivity contribution is 1.16. The van der Waals surface area contributed by atoms with Crippen LogP contribution in [0.1, 0.15) is 29.2 Å². The van der Waals surface area contributed by atoms with Crippen molar-refractivity contribution >= 4 is 50.9 Å². The molecule has 0 atom stereocenters. The highest BCUT2D eigenvalue weighted by atomic mass is 15.0. The van der Waals surface area contributed by atoms with Crippen LogP contribution in [0, 0.1) is 16.7 Å². The van der Waals surface area contributed by atoms with Gasteiger partial charge in [-0.05, 0) is 47.0 Å². The molecule has 4 aromatic carbocycles. The summed E-state index contributed by atoms with van der Waals surface area (Å²) in [5, 5.41) is 22.4. The second-order valence-electron chi connectivity index (χ2n) is 7.68. The average Bonchev–Trinajstić information content (AvgIpc) is 3.18. The second-order valence-corrected chi connectivity index (χ2v) is 7.68. The van der Waals surface area contributed by atoms with Crippen molar-refractivity contribution in [3.05, 3.63) is 102 Å². The Hall–Kier alpha value is -4.42. The summed E-state index contributed by atoms with van der Waals surface area (Å²) in [6.45, 7) is 6.14. The minimum Gasteiger partial charge on any atom is -0.308 e. The topological polar surface area (TPSA) is 52.6 Å². The SMILES string of the molecule is C=Cc1c(/C=C\C)ccc2c1c1c3ccccc3ccc1n2-c1c(C#N)cccc1C=N. The fraction of sp³-hybridized carbons (Fsp3) is 0.0345. The number of allylic oxidation sites excluding steroid dienone is 1. The lowest BCUT2D eigenvalue weighted by Crippen LogP contribution is -2.02. The standard InChI is InChI=1S/C29H21N3/c1-3-8-19-13-15-25-27(23(19)4-2)28-24-12-6-5-9-20(24)14-16-26(28)32(25)29-21(17-30)10-7-11-22(29)18-31/h3-17,30H,2H2,1H3/b8-3-,30-17?. The third-order valence-electron chi connectivity index (χ3n) is 6.01. The Morgan fingerprint density at radius 1 is 0.906 bits per heavy atom. The number of nitriles is 1. The van der Waals surface area contributed by atoms with Gasteiger partial charge >= 0.3 is 0 Å². The van der Waals surface area contributed by atoms with Crippen LogP contribution in [0.25, 0.3) is 50.4 Å². The van der Waals surface area contributed by atoms with Gasteiger partial charge < -0.3 is 9.98 Å². The summed E-state index contributed by atoms with van der Waals surface area (Å²) in [6.07, 6.45) is 7.36. The van der Waals surface area contributed by atoms with Crippen molar-refractivity contribution in [3.63, 3.8) is 0 Å². The lowest BCUT2D eigenvalue weighted by Gasteiger charge is -2.13. The summed E-state index contributed by atoms with van der Waals surface area (Å²) in [5.74, 6) is 0. The van der Waals surface area contributed by atoms with Gasteiger partial charge in [-0.15, -0.1) is 0 Å². The van der Waals surface area contributed by atoms with Gasteiger partial charge in [-0.3, -0.25) is 0 Å². The molecule has 0 aliphatic rings. The van der Waals surface area contributed by atoms with E-state index in [1.807, 2.05) is 43.3 Å². The lowest BCUT2D eigenvalue weighted by atomic mass is 9.97. The summed E-state index contributed by atoms with van der Waals surface area (Å²) in [6, 6.07) is 24.6. The fourth-order valence-corrected chi connectivity index (χ4v) is 4.72. The van der Waals surface area contributed by atoms with Gasteiger partial charge in [0.1, 0.15) is 6.07 Å². The van der Waals surface area contributed by atoms with E-state index in [4.69, 9.17) is 5.41 Å². The molecule has 152 valence electrons. The van der Waals surface area contributed by atoms with Crippen LogP contribution in [0.3, 0.4) is 0 Å². The van der Waals surface area contributed by atoms with Gasteiger partial charge in [0.05, 0.1) is 22.3 Å². The number of hydrogen-bond donors (Lipinski definition) is 1. The number of hydrogen-bond acceptors (Lipinski definition) is 2. The van der Waals surface area contributed by atoms with Crippen molar-refractivity contribution in [3.8, 4) is 11.8 Å². The third-order valence-corrected chi connectivity index (χ3v) is 6.01. The van der Waals surface area contributed by atoms with Crippen LogP contribution in [0.2, 0.25) is 0 Å². The van der Waals surface area contributed by atoms with Crippen molar-refractivity contribution < 1.29 is 0 Å². The van der Waals surface area contributed by atoms with Gasteiger partial charge in [0.15, 0.2) is 0 Å². The molecule has 0 amide bonds. The number of aromatic nitrogens is 1. The molecule has 0 aliphatic heterocycles. The first-order valence-electron chi connectivity index (χ1n) is 10.5. The fourth-order valence-electron chi connectivity index (χ4n) is 4.72. The van der Waals surface area contributed by atoms with Gasteiger partial charge in [0.2, 0.25) is 0 Å². The van der Waals surface area contributed by atoms with Crippen molar-refractivity contribution in [2.24, 2.45) is 0 Å². The Morgan fingerprint density at radius 2 is 1.69 bits per heavy atom. The predicted molar refractivity (Wildman–Crippen MR) is 136 cm³/mol. The number of nitrogens with one attached hydrogen (secondary N) is 1. The molecule has 0 radical (unpaired) electrons. The van der Waals surface area contributed by atoms with Crippen molar-refractivity contribution in [1.29, 1.82) is 10.7 Å². The molecule has 32 heavy (non-hydrogen) atoms. The van der Waals surface area contributed by atoms with E-state index in [0.717, 1.165) is 49.4 Å². The first kappa shape index (κ1) is 19.5. The van der Waals surface area contributed by atoms with Crippen molar-refractivity contribution in [2.75, 3.05) is 0 Å². The van der Waals surface area contributed by atoms with Gasteiger partial charge in [0.25, 0.3) is 0 Å². The van der Waals surface area contributed by atoms with E-state index in [1.165, 1.54) is 6.21 Å². The summed E-state index contributed by atoms with van der Waals surface area (Å²) < 4.78 is 2.13. The maximum atomic E-state index is 9.90. The Morgan fingerprint density at radius 3 is 2.44 bits per heavy atom. The maximum Gasteiger partial charge on any atom is 0.101 e. The van der Waals surface area contributed by atoms with E-state index < -0.39 is 0 Å². The van der Waals surface area contributed by atoms with Crippen LogP contribution in [-0.2, 0) is 0 Å². The minimum absolute atomic E-state index is 0.538.